The van der Waals surface area contributed by atoms with Crippen molar-refractivity contribution in [2.75, 3.05) is 40.3 Å². The maximum atomic E-state index is 12.8. The number of carbonyl (C=O) groups is 1. The zero-order valence-corrected chi connectivity index (χ0v) is 23.7. The fraction of sp³-hybridized carbons (Fsp3) is 0.382. The quantitative estimate of drug-likeness (QED) is 0.379. The Morgan fingerprint density at radius 1 is 0.949 bits per heavy atom. The van der Waals surface area contributed by atoms with Gasteiger partial charge in [0.15, 0.2) is 0 Å². The molecule has 0 radical (unpaired) electrons. The van der Waals surface area contributed by atoms with Crippen LogP contribution in [0, 0.1) is 17.3 Å². The zero-order chi connectivity index (χ0) is 27.7. The second kappa shape index (κ2) is 13.5. The van der Waals surface area contributed by atoms with Crippen molar-refractivity contribution in [3.63, 3.8) is 0 Å². The summed E-state index contributed by atoms with van der Waals surface area (Å²) in [5.41, 5.74) is 4.00. The molecule has 3 aromatic rings. The first-order chi connectivity index (χ1) is 18.8. The highest BCUT2D eigenvalue weighted by Gasteiger charge is 2.22. The highest BCUT2D eigenvalue weighted by atomic mass is 16.5. The SMILES string of the molecule is CN(C)CC(C)(C)CNC(=O)c1cccc(OC2CCN(Cc3ccc(C#Cc4ccccc4)cc3)CC2)c1. The summed E-state index contributed by atoms with van der Waals surface area (Å²) in [6.07, 6.45) is 2.10. The van der Waals surface area contributed by atoms with Crippen molar-refractivity contribution in [3.05, 3.63) is 101 Å². The lowest BCUT2D eigenvalue weighted by Gasteiger charge is -2.32. The van der Waals surface area contributed by atoms with Gasteiger partial charge in [-0.1, -0.05) is 62.1 Å². The topological polar surface area (TPSA) is 44.8 Å². The van der Waals surface area contributed by atoms with E-state index in [1.165, 1.54) is 5.56 Å². The molecule has 1 heterocycles. The molecule has 5 heteroatoms. The molecule has 1 aliphatic rings. The largest absolute Gasteiger partial charge is 0.490 e. The normalized spacial score (nSPS) is 14.5. The van der Waals surface area contributed by atoms with Crippen molar-refractivity contribution in [2.24, 2.45) is 5.41 Å². The molecule has 0 aliphatic carbocycles. The third-order valence-electron chi connectivity index (χ3n) is 6.89. The van der Waals surface area contributed by atoms with Crippen molar-refractivity contribution in [1.29, 1.82) is 0 Å². The Balaban J connectivity index is 1.23. The average Bonchev–Trinajstić information content (AvgIpc) is 2.92. The summed E-state index contributed by atoms with van der Waals surface area (Å²) in [7, 11) is 4.10. The van der Waals surface area contributed by atoms with Gasteiger partial charge in [0, 0.05) is 49.4 Å². The fourth-order valence-electron chi connectivity index (χ4n) is 5.04. The maximum absolute atomic E-state index is 12.8. The van der Waals surface area contributed by atoms with Crippen LogP contribution >= 0.6 is 0 Å². The predicted octanol–water partition coefficient (Wildman–Crippen LogP) is 5.45. The van der Waals surface area contributed by atoms with E-state index in [2.05, 4.69) is 79.2 Å². The van der Waals surface area contributed by atoms with Crippen LogP contribution in [0.1, 0.15) is 53.7 Å². The minimum Gasteiger partial charge on any atom is -0.490 e. The van der Waals surface area contributed by atoms with Crippen molar-refractivity contribution >= 4 is 5.91 Å². The summed E-state index contributed by atoms with van der Waals surface area (Å²) in [4.78, 5) is 17.4. The van der Waals surface area contributed by atoms with Crippen LogP contribution in [0.25, 0.3) is 0 Å². The van der Waals surface area contributed by atoms with Crippen LogP contribution in [0.15, 0.2) is 78.9 Å². The number of likely N-dealkylation sites (tertiary alicyclic amines) is 1. The first kappa shape index (κ1) is 28.4. The summed E-state index contributed by atoms with van der Waals surface area (Å²) < 4.78 is 6.29. The number of nitrogens with one attached hydrogen (secondary N) is 1. The molecule has 1 amide bonds. The van der Waals surface area contributed by atoms with Gasteiger partial charge in [-0.15, -0.1) is 0 Å². The molecule has 0 spiro atoms. The lowest BCUT2D eigenvalue weighted by atomic mass is 9.93. The van der Waals surface area contributed by atoms with Crippen LogP contribution in [0.4, 0.5) is 0 Å². The van der Waals surface area contributed by atoms with Gasteiger partial charge in [-0.05, 0) is 80.4 Å². The fourth-order valence-corrected chi connectivity index (χ4v) is 5.04. The summed E-state index contributed by atoms with van der Waals surface area (Å²) in [6.45, 7) is 8.76. The minimum absolute atomic E-state index is 0.000255. The second-order valence-electron chi connectivity index (χ2n) is 11.5. The molecule has 1 aliphatic heterocycles. The van der Waals surface area contributed by atoms with Crippen molar-refractivity contribution < 1.29 is 9.53 Å². The third kappa shape index (κ3) is 9.28. The molecule has 0 unspecified atom stereocenters. The number of carbonyl (C=O) groups excluding carboxylic acids is 1. The van der Waals surface area contributed by atoms with Gasteiger partial charge < -0.3 is 15.0 Å². The number of ether oxygens (including phenoxy) is 1. The van der Waals surface area contributed by atoms with E-state index in [1.54, 1.807) is 0 Å². The van der Waals surface area contributed by atoms with E-state index in [-0.39, 0.29) is 17.4 Å². The highest BCUT2D eigenvalue weighted by Crippen LogP contribution is 2.22. The summed E-state index contributed by atoms with van der Waals surface area (Å²) >= 11 is 0. The minimum atomic E-state index is -0.0563. The number of piperidine rings is 1. The molecule has 1 N–H and O–H groups in total. The number of benzene rings is 3. The van der Waals surface area contributed by atoms with Crippen molar-refractivity contribution in [1.82, 2.24) is 15.1 Å². The smallest absolute Gasteiger partial charge is 0.251 e. The Kier molecular flexibility index (Phi) is 9.81. The van der Waals surface area contributed by atoms with Gasteiger partial charge in [0.05, 0.1) is 0 Å². The van der Waals surface area contributed by atoms with Gasteiger partial charge in [-0.3, -0.25) is 9.69 Å². The van der Waals surface area contributed by atoms with Crippen molar-refractivity contribution in [2.45, 2.75) is 39.3 Å². The Morgan fingerprint density at radius 2 is 1.62 bits per heavy atom. The first-order valence-electron chi connectivity index (χ1n) is 13.8. The summed E-state index contributed by atoms with van der Waals surface area (Å²) in [5.74, 6) is 7.17. The van der Waals surface area contributed by atoms with Gasteiger partial charge in [-0.2, -0.15) is 0 Å². The van der Waals surface area contributed by atoms with Crippen LogP contribution < -0.4 is 10.1 Å². The van der Waals surface area contributed by atoms with E-state index in [4.69, 9.17) is 4.74 Å². The van der Waals surface area contributed by atoms with Crippen LogP contribution in [-0.4, -0.2) is 62.1 Å². The molecule has 0 atom stereocenters. The summed E-state index contributed by atoms with van der Waals surface area (Å²) in [5, 5.41) is 3.09. The molecule has 4 rings (SSSR count). The van der Waals surface area contributed by atoms with Gasteiger partial charge in [0.2, 0.25) is 0 Å². The van der Waals surface area contributed by atoms with Crippen LogP contribution in [0.3, 0.4) is 0 Å². The first-order valence-corrected chi connectivity index (χ1v) is 13.8. The van der Waals surface area contributed by atoms with E-state index < -0.39 is 0 Å². The Bertz CT molecular complexity index is 1270. The van der Waals surface area contributed by atoms with Crippen LogP contribution in [0.5, 0.6) is 5.75 Å². The van der Waals surface area contributed by atoms with E-state index >= 15 is 0 Å². The number of amides is 1. The standard InChI is InChI=1S/C34H41N3O2/c1-34(2,26-36(3)4)25-35-33(38)30-11-8-12-32(23-30)39-31-19-21-37(22-20-31)24-29-17-15-28(16-18-29)14-13-27-9-6-5-7-10-27/h5-12,15-18,23,31H,19-22,24-26H2,1-4H3,(H,35,38). The molecule has 39 heavy (non-hydrogen) atoms. The molecular formula is C34H41N3O2. The molecule has 1 saturated heterocycles. The van der Waals surface area contributed by atoms with Gasteiger partial charge in [0.25, 0.3) is 5.91 Å². The molecule has 3 aromatic carbocycles. The van der Waals surface area contributed by atoms with E-state index in [1.807, 2.05) is 54.6 Å². The molecule has 0 saturated carbocycles. The number of rotatable bonds is 9. The predicted molar refractivity (Wildman–Crippen MR) is 159 cm³/mol. The highest BCUT2D eigenvalue weighted by molar-refractivity contribution is 5.94. The maximum Gasteiger partial charge on any atom is 0.251 e. The van der Waals surface area contributed by atoms with Gasteiger partial charge >= 0.3 is 0 Å². The summed E-state index contributed by atoms with van der Waals surface area (Å²) in [6, 6.07) is 26.2. The van der Waals surface area contributed by atoms with Gasteiger partial charge in [-0.25, -0.2) is 0 Å². The lowest BCUT2D eigenvalue weighted by molar-refractivity contribution is 0.0918. The van der Waals surface area contributed by atoms with Gasteiger partial charge in [0.1, 0.15) is 11.9 Å². The molecule has 5 nitrogen and oxygen atoms in total. The van der Waals surface area contributed by atoms with Crippen LogP contribution in [-0.2, 0) is 6.54 Å². The molecule has 0 bridgehead atoms. The second-order valence-corrected chi connectivity index (χ2v) is 11.5. The van der Waals surface area contributed by atoms with E-state index in [0.717, 1.165) is 55.9 Å². The Hall–Kier alpha value is -3.59. The molecule has 0 aromatic heterocycles. The molecular weight excluding hydrogens is 482 g/mol. The van der Waals surface area contributed by atoms with Crippen LogP contribution in [0.2, 0.25) is 0 Å². The number of nitrogens with zero attached hydrogens (tertiary/aromatic N) is 2. The Morgan fingerprint density at radius 3 is 2.28 bits per heavy atom. The molecule has 1 fully saturated rings. The monoisotopic (exact) mass is 523 g/mol. The average molecular weight is 524 g/mol. The van der Waals surface area contributed by atoms with Crippen molar-refractivity contribution in [3.8, 4) is 17.6 Å². The number of hydrogen-bond donors (Lipinski definition) is 1. The Labute approximate surface area is 234 Å². The number of hydrogen-bond acceptors (Lipinski definition) is 4. The van der Waals surface area contributed by atoms with E-state index in [9.17, 15) is 4.79 Å². The van der Waals surface area contributed by atoms with E-state index in [0.29, 0.717) is 12.1 Å². The third-order valence-corrected chi connectivity index (χ3v) is 6.89. The zero-order valence-electron chi connectivity index (χ0n) is 23.7. The molecule has 204 valence electrons. The lowest BCUT2D eigenvalue weighted by Crippen LogP contribution is -2.40.